The largest absolute Gasteiger partial charge is 0.459 e. The van der Waals surface area contributed by atoms with Crippen LogP contribution < -0.4 is 5.73 Å². The first-order chi connectivity index (χ1) is 6.06. The van der Waals surface area contributed by atoms with Crippen LogP contribution in [0.2, 0.25) is 0 Å². The molecule has 0 aliphatic carbocycles. The van der Waals surface area contributed by atoms with Gasteiger partial charge in [0.2, 0.25) is 0 Å². The second-order valence-corrected chi connectivity index (χ2v) is 2.67. The van der Waals surface area contributed by atoms with Gasteiger partial charge < -0.3 is 5.73 Å². The third kappa shape index (κ3) is 2.49. The van der Waals surface area contributed by atoms with Gasteiger partial charge in [-0.25, -0.2) is 0 Å². The van der Waals surface area contributed by atoms with Crippen molar-refractivity contribution in [1.29, 1.82) is 0 Å². The van der Waals surface area contributed by atoms with E-state index in [4.69, 9.17) is 5.73 Å². The first-order valence-electron chi connectivity index (χ1n) is 3.58. The molecule has 0 rings (SSSR count). The van der Waals surface area contributed by atoms with E-state index in [1.54, 1.807) is 0 Å². The Morgan fingerprint density at radius 1 is 0.857 bits per heavy atom. The van der Waals surface area contributed by atoms with Crippen molar-refractivity contribution in [2.45, 2.75) is 30.9 Å². The number of hydrogen-bond acceptors (Lipinski definition) is 1. The van der Waals surface area contributed by atoms with Crippen molar-refractivity contribution in [3.8, 4) is 0 Å². The summed E-state index contributed by atoms with van der Waals surface area (Å²) in [5, 5.41) is 0. The summed E-state index contributed by atoms with van der Waals surface area (Å²) in [5.74, 6) is -11.1. The highest BCUT2D eigenvalue weighted by molar-refractivity contribution is 4.90. The monoisotopic (exact) mass is 227 g/mol. The first-order valence-corrected chi connectivity index (χ1v) is 3.58. The Morgan fingerprint density at radius 2 is 1.29 bits per heavy atom. The highest BCUT2D eigenvalue weighted by Gasteiger charge is 2.72. The molecule has 0 unspecified atom stereocenters. The number of halogens is 7. The highest BCUT2D eigenvalue weighted by atomic mass is 19.4. The molecule has 0 atom stereocenters. The summed E-state index contributed by atoms with van der Waals surface area (Å²) in [6.45, 7) is -0.372. The average Bonchev–Trinajstić information content (AvgIpc) is 1.98. The maximum absolute atomic E-state index is 12.4. The van der Waals surface area contributed by atoms with E-state index >= 15 is 0 Å². The topological polar surface area (TPSA) is 26.0 Å². The van der Waals surface area contributed by atoms with Crippen LogP contribution in [0.15, 0.2) is 0 Å². The van der Waals surface area contributed by atoms with E-state index in [9.17, 15) is 30.7 Å². The number of hydrogen-bond donors (Lipinski definition) is 1. The van der Waals surface area contributed by atoms with Crippen molar-refractivity contribution in [3.63, 3.8) is 0 Å². The van der Waals surface area contributed by atoms with Crippen LogP contribution in [0.25, 0.3) is 0 Å². The van der Waals surface area contributed by atoms with Gasteiger partial charge in [0.25, 0.3) is 0 Å². The molecule has 1 nitrogen and oxygen atoms in total. The summed E-state index contributed by atoms with van der Waals surface area (Å²) in [7, 11) is 0. The first kappa shape index (κ1) is 13.5. The fourth-order valence-electron chi connectivity index (χ4n) is 0.688. The zero-order chi connectivity index (χ0) is 11.6. The molecule has 0 radical (unpaired) electrons. The summed E-state index contributed by atoms with van der Waals surface area (Å²) in [6.07, 6.45) is -8.43. The smallest absolute Gasteiger partial charge is 0.330 e. The molecule has 8 heteroatoms. The Bertz CT molecular complexity index is 185. The maximum atomic E-state index is 12.4. The molecule has 0 amide bonds. The molecule has 0 aromatic rings. The van der Waals surface area contributed by atoms with Crippen molar-refractivity contribution in [1.82, 2.24) is 0 Å². The van der Waals surface area contributed by atoms with Crippen LogP contribution in [0.3, 0.4) is 0 Å². The van der Waals surface area contributed by atoms with Crippen LogP contribution in [-0.4, -0.2) is 24.6 Å². The minimum Gasteiger partial charge on any atom is -0.330 e. The molecule has 0 aliphatic rings. The normalized spacial score (nSPS) is 14.6. The Labute approximate surface area is 75.1 Å². The molecule has 0 aromatic heterocycles. The van der Waals surface area contributed by atoms with Crippen LogP contribution >= 0.6 is 0 Å². The summed E-state index contributed by atoms with van der Waals surface area (Å²) >= 11 is 0. The lowest BCUT2D eigenvalue weighted by Crippen LogP contribution is -2.51. The fourth-order valence-corrected chi connectivity index (χ4v) is 0.688. The summed E-state index contributed by atoms with van der Waals surface area (Å²) in [5.41, 5.74) is 4.73. The van der Waals surface area contributed by atoms with Gasteiger partial charge in [-0.3, -0.25) is 0 Å². The van der Waals surface area contributed by atoms with Crippen LogP contribution in [0.1, 0.15) is 12.8 Å². The van der Waals surface area contributed by atoms with Gasteiger partial charge in [0.15, 0.2) is 0 Å². The second kappa shape index (κ2) is 3.92. The Kier molecular flexibility index (Phi) is 3.77. The summed E-state index contributed by atoms with van der Waals surface area (Å²) < 4.78 is 83.4. The fraction of sp³-hybridized carbons (Fsp3) is 1.00. The molecule has 2 N–H and O–H groups in total. The van der Waals surface area contributed by atoms with E-state index < -0.39 is 30.9 Å². The van der Waals surface area contributed by atoms with Gasteiger partial charge in [-0.2, -0.15) is 30.7 Å². The van der Waals surface area contributed by atoms with Crippen LogP contribution in [0.5, 0.6) is 0 Å². The molecule has 0 bridgehead atoms. The molecule has 0 aliphatic heterocycles. The molecule has 0 heterocycles. The van der Waals surface area contributed by atoms with Gasteiger partial charge in [-0.05, 0) is 13.0 Å². The molecular formula is C6H8F7N. The molecule has 0 saturated carbocycles. The quantitative estimate of drug-likeness (QED) is 0.734. The lowest BCUT2D eigenvalue weighted by atomic mass is 10.1. The van der Waals surface area contributed by atoms with Crippen molar-refractivity contribution >= 4 is 0 Å². The Hall–Kier alpha value is -0.530. The lowest BCUT2D eigenvalue weighted by Gasteiger charge is -2.27. The molecule has 0 aromatic carbocycles. The van der Waals surface area contributed by atoms with Gasteiger partial charge in [0.05, 0.1) is 0 Å². The van der Waals surface area contributed by atoms with Crippen molar-refractivity contribution in [2.24, 2.45) is 5.73 Å². The molecule has 14 heavy (non-hydrogen) atoms. The predicted octanol–water partition coefficient (Wildman–Crippen LogP) is 2.56. The van der Waals surface area contributed by atoms with Crippen molar-refractivity contribution in [3.05, 3.63) is 0 Å². The molecule has 86 valence electrons. The standard InChI is InChI=1S/C6H8F7N/c7-4(8,2-1-3-14)5(9,10)6(11,12)13/h1-3,14H2. The van der Waals surface area contributed by atoms with Gasteiger partial charge in [-0.1, -0.05) is 0 Å². The predicted molar refractivity (Wildman–Crippen MR) is 34.2 cm³/mol. The minimum atomic E-state index is -6.24. The van der Waals surface area contributed by atoms with E-state index in [0.717, 1.165) is 0 Å². The molecule has 0 spiro atoms. The van der Waals surface area contributed by atoms with Gasteiger partial charge in [0, 0.05) is 6.42 Å². The number of nitrogens with two attached hydrogens (primary N) is 1. The van der Waals surface area contributed by atoms with Gasteiger partial charge in [0.1, 0.15) is 0 Å². The van der Waals surface area contributed by atoms with E-state index in [-0.39, 0.29) is 6.54 Å². The summed E-state index contributed by atoms with van der Waals surface area (Å²) in [4.78, 5) is 0. The maximum Gasteiger partial charge on any atom is 0.459 e. The van der Waals surface area contributed by atoms with E-state index in [1.807, 2.05) is 0 Å². The van der Waals surface area contributed by atoms with Crippen LogP contribution in [0.4, 0.5) is 30.7 Å². The Morgan fingerprint density at radius 3 is 1.57 bits per heavy atom. The van der Waals surface area contributed by atoms with E-state index in [2.05, 4.69) is 0 Å². The zero-order valence-electron chi connectivity index (χ0n) is 6.84. The highest BCUT2D eigenvalue weighted by Crippen LogP contribution is 2.48. The zero-order valence-corrected chi connectivity index (χ0v) is 6.84. The van der Waals surface area contributed by atoms with Crippen molar-refractivity contribution < 1.29 is 30.7 Å². The molecular weight excluding hydrogens is 219 g/mol. The second-order valence-electron chi connectivity index (χ2n) is 2.67. The van der Waals surface area contributed by atoms with E-state index in [0.29, 0.717) is 0 Å². The Balaban J connectivity index is 4.69. The van der Waals surface area contributed by atoms with E-state index in [1.165, 1.54) is 0 Å². The number of rotatable bonds is 4. The van der Waals surface area contributed by atoms with Gasteiger partial charge in [-0.15, -0.1) is 0 Å². The lowest BCUT2D eigenvalue weighted by molar-refractivity contribution is -0.355. The molecule has 0 fully saturated rings. The SMILES string of the molecule is NCCCC(F)(F)C(F)(F)C(F)(F)F. The van der Waals surface area contributed by atoms with Gasteiger partial charge >= 0.3 is 18.0 Å². The van der Waals surface area contributed by atoms with Crippen molar-refractivity contribution in [2.75, 3.05) is 6.54 Å². The molecule has 0 saturated heterocycles. The minimum absolute atomic E-state index is 0.372. The summed E-state index contributed by atoms with van der Waals surface area (Å²) in [6, 6.07) is 0. The number of alkyl halides is 7. The van der Waals surface area contributed by atoms with Crippen LogP contribution in [-0.2, 0) is 0 Å². The third-order valence-corrected chi connectivity index (χ3v) is 1.51. The third-order valence-electron chi connectivity index (χ3n) is 1.51. The van der Waals surface area contributed by atoms with Crippen LogP contribution in [0, 0.1) is 0 Å². The average molecular weight is 227 g/mol.